The maximum Gasteiger partial charge on any atom is 0.149 e. The molecule has 0 bridgehead atoms. The fourth-order valence-electron chi connectivity index (χ4n) is 2.62. The average Bonchev–Trinajstić information content (AvgIpc) is 2.51. The lowest BCUT2D eigenvalue weighted by atomic mass is 10.2. The Morgan fingerprint density at radius 2 is 2.11 bits per heavy atom. The van der Waals surface area contributed by atoms with E-state index in [2.05, 4.69) is 35.8 Å². The van der Waals surface area contributed by atoms with Gasteiger partial charge in [0.15, 0.2) is 0 Å². The molecule has 1 aliphatic heterocycles. The molecule has 2 N–H and O–H groups in total. The normalized spacial score (nSPS) is 22.4. The molecule has 0 spiro atoms. The summed E-state index contributed by atoms with van der Waals surface area (Å²) < 4.78 is 0. The Hall–Kier alpha value is -1.20. The van der Waals surface area contributed by atoms with Crippen molar-refractivity contribution in [2.45, 2.75) is 32.2 Å². The molecule has 1 unspecified atom stereocenters. The summed E-state index contributed by atoms with van der Waals surface area (Å²) in [6.07, 6.45) is 3.23. The van der Waals surface area contributed by atoms with Crippen molar-refractivity contribution >= 4 is 5.82 Å². The zero-order chi connectivity index (χ0) is 13.8. The van der Waals surface area contributed by atoms with Crippen LogP contribution in [0.4, 0.5) is 5.82 Å². The molecular weight excluding hydrogens is 238 g/mol. The maximum atomic E-state index is 5.93. The molecule has 1 aromatic heterocycles. The summed E-state index contributed by atoms with van der Waals surface area (Å²) >= 11 is 0. The van der Waals surface area contributed by atoms with Crippen LogP contribution >= 0.6 is 0 Å². The van der Waals surface area contributed by atoms with E-state index in [1.165, 1.54) is 6.42 Å². The number of hydrogen-bond acceptors (Lipinski definition) is 5. The first-order valence-corrected chi connectivity index (χ1v) is 7.12. The van der Waals surface area contributed by atoms with E-state index in [1.54, 1.807) is 0 Å². The molecular formula is C14H25N5. The van der Waals surface area contributed by atoms with E-state index in [0.29, 0.717) is 5.82 Å². The Balaban J connectivity index is 2.27. The molecule has 2 heterocycles. The first kappa shape index (κ1) is 14.2. The minimum atomic E-state index is 0.242. The predicted molar refractivity (Wildman–Crippen MR) is 77.9 cm³/mol. The zero-order valence-corrected chi connectivity index (χ0v) is 12.3. The van der Waals surface area contributed by atoms with Crippen molar-refractivity contribution in [3.63, 3.8) is 0 Å². The van der Waals surface area contributed by atoms with Crippen molar-refractivity contribution in [3.05, 3.63) is 17.6 Å². The van der Waals surface area contributed by atoms with Gasteiger partial charge in [-0.25, -0.2) is 9.97 Å². The number of likely N-dealkylation sites (N-methyl/N-ethyl adjacent to an activating group) is 2. The van der Waals surface area contributed by atoms with E-state index >= 15 is 0 Å². The highest BCUT2D eigenvalue weighted by molar-refractivity contribution is 5.30. The van der Waals surface area contributed by atoms with Gasteiger partial charge < -0.3 is 10.6 Å². The first-order valence-electron chi connectivity index (χ1n) is 7.12. The van der Waals surface area contributed by atoms with E-state index in [4.69, 9.17) is 10.7 Å². The Bertz CT molecular complexity index is 420. The van der Waals surface area contributed by atoms with Gasteiger partial charge in [0.25, 0.3) is 0 Å². The van der Waals surface area contributed by atoms with Crippen molar-refractivity contribution in [2.24, 2.45) is 0 Å². The number of anilines is 1. The lowest BCUT2D eigenvalue weighted by Gasteiger charge is -2.26. The molecule has 0 saturated carbocycles. The Kier molecular flexibility index (Phi) is 4.71. The number of nitrogens with two attached hydrogens (primary N) is 1. The van der Waals surface area contributed by atoms with Crippen LogP contribution in [0.15, 0.2) is 6.07 Å². The van der Waals surface area contributed by atoms with Gasteiger partial charge in [0, 0.05) is 18.3 Å². The van der Waals surface area contributed by atoms with Gasteiger partial charge in [0.05, 0.1) is 6.04 Å². The van der Waals surface area contributed by atoms with Crippen molar-refractivity contribution in [2.75, 3.05) is 39.5 Å². The second kappa shape index (κ2) is 6.30. The third-order valence-electron chi connectivity index (χ3n) is 3.69. The maximum absolute atomic E-state index is 5.93. The van der Waals surface area contributed by atoms with Gasteiger partial charge in [-0.15, -0.1) is 0 Å². The summed E-state index contributed by atoms with van der Waals surface area (Å²) in [5.74, 6) is 1.47. The summed E-state index contributed by atoms with van der Waals surface area (Å²) in [5.41, 5.74) is 6.99. The van der Waals surface area contributed by atoms with Crippen molar-refractivity contribution < 1.29 is 0 Å². The third-order valence-corrected chi connectivity index (χ3v) is 3.69. The summed E-state index contributed by atoms with van der Waals surface area (Å²) in [7, 11) is 4.31. The van der Waals surface area contributed by atoms with Crippen molar-refractivity contribution in [1.82, 2.24) is 19.8 Å². The van der Waals surface area contributed by atoms with Gasteiger partial charge in [-0.3, -0.25) is 4.90 Å². The summed E-state index contributed by atoms with van der Waals surface area (Å²) in [6.45, 7) is 5.33. The van der Waals surface area contributed by atoms with E-state index in [1.807, 2.05) is 6.07 Å². The third kappa shape index (κ3) is 3.64. The van der Waals surface area contributed by atoms with Gasteiger partial charge in [0.1, 0.15) is 11.6 Å². The smallest absolute Gasteiger partial charge is 0.149 e. The molecule has 0 radical (unpaired) electrons. The minimum absolute atomic E-state index is 0.242. The molecule has 106 valence electrons. The number of rotatable bonds is 3. The lowest BCUT2D eigenvalue weighted by Crippen LogP contribution is -2.32. The average molecular weight is 263 g/mol. The molecule has 1 saturated heterocycles. The van der Waals surface area contributed by atoms with Crippen LogP contribution in [0.25, 0.3) is 0 Å². The van der Waals surface area contributed by atoms with Gasteiger partial charge >= 0.3 is 0 Å². The van der Waals surface area contributed by atoms with Crippen molar-refractivity contribution in [1.29, 1.82) is 0 Å². The molecule has 0 aromatic carbocycles. The zero-order valence-electron chi connectivity index (χ0n) is 12.3. The standard InChI is InChI=1S/C14H25N5/c1-4-6-11-9-13(15)17-14(16-11)12-10-18(2)7-5-8-19(12)3/h9,12H,4-8,10H2,1-3H3,(H2,15,16,17). The quantitative estimate of drug-likeness (QED) is 0.891. The van der Waals surface area contributed by atoms with Gasteiger partial charge in [-0.1, -0.05) is 13.3 Å². The SMILES string of the molecule is CCCc1cc(N)nc(C2CN(C)CCCN2C)n1. The molecule has 2 rings (SSSR count). The fourth-order valence-corrected chi connectivity index (χ4v) is 2.62. The fraction of sp³-hybridized carbons (Fsp3) is 0.714. The van der Waals surface area contributed by atoms with Gasteiger partial charge in [0.2, 0.25) is 0 Å². The van der Waals surface area contributed by atoms with Crippen LogP contribution in [0.3, 0.4) is 0 Å². The Morgan fingerprint density at radius 1 is 1.32 bits per heavy atom. The van der Waals surface area contributed by atoms with Crippen LogP contribution in [0.1, 0.15) is 37.3 Å². The molecule has 1 aliphatic rings. The van der Waals surface area contributed by atoms with Crippen LogP contribution in [-0.4, -0.2) is 53.5 Å². The van der Waals surface area contributed by atoms with E-state index in [9.17, 15) is 0 Å². The number of hydrogen-bond donors (Lipinski definition) is 1. The molecule has 5 heteroatoms. The predicted octanol–water partition coefficient (Wildman–Crippen LogP) is 1.32. The van der Waals surface area contributed by atoms with E-state index < -0.39 is 0 Å². The Morgan fingerprint density at radius 3 is 2.84 bits per heavy atom. The first-order chi connectivity index (χ1) is 9.10. The lowest BCUT2D eigenvalue weighted by molar-refractivity contribution is 0.219. The van der Waals surface area contributed by atoms with Crippen LogP contribution in [0.5, 0.6) is 0 Å². The number of nitrogens with zero attached hydrogens (tertiary/aromatic N) is 4. The van der Waals surface area contributed by atoms with E-state index in [0.717, 1.165) is 44.0 Å². The van der Waals surface area contributed by atoms with Gasteiger partial charge in [-0.2, -0.15) is 0 Å². The highest BCUT2D eigenvalue weighted by Gasteiger charge is 2.24. The second-order valence-corrected chi connectivity index (χ2v) is 5.50. The van der Waals surface area contributed by atoms with Gasteiger partial charge in [-0.05, 0) is 40.0 Å². The largest absolute Gasteiger partial charge is 0.384 e. The number of aryl methyl sites for hydroxylation is 1. The van der Waals surface area contributed by atoms with Crippen LogP contribution in [0.2, 0.25) is 0 Å². The molecule has 0 aliphatic carbocycles. The van der Waals surface area contributed by atoms with Crippen LogP contribution in [0, 0.1) is 0 Å². The summed E-state index contributed by atoms with van der Waals surface area (Å²) in [4.78, 5) is 13.9. The molecule has 1 fully saturated rings. The van der Waals surface area contributed by atoms with Crippen LogP contribution in [-0.2, 0) is 6.42 Å². The summed E-state index contributed by atoms with van der Waals surface area (Å²) in [6, 6.07) is 2.14. The highest BCUT2D eigenvalue weighted by atomic mass is 15.2. The molecule has 0 amide bonds. The minimum Gasteiger partial charge on any atom is -0.384 e. The van der Waals surface area contributed by atoms with E-state index in [-0.39, 0.29) is 6.04 Å². The number of aromatic nitrogens is 2. The van der Waals surface area contributed by atoms with Crippen molar-refractivity contribution in [3.8, 4) is 0 Å². The Labute approximate surface area is 115 Å². The topological polar surface area (TPSA) is 58.3 Å². The number of nitrogen functional groups attached to an aromatic ring is 1. The summed E-state index contributed by atoms with van der Waals surface area (Å²) in [5, 5.41) is 0. The highest BCUT2D eigenvalue weighted by Crippen LogP contribution is 2.21. The van der Waals surface area contributed by atoms with Crippen LogP contribution < -0.4 is 5.73 Å². The molecule has 5 nitrogen and oxygen atoms in total. The molecule has 1 atom stereocenters. The molecule has 1 aromatic rings. The second-order valence-electron chi connectivity index (χ2n) is 5.50. The monoisotopic (exact) mass is 263 g/mol. The molecule has 19 heavy (non-hydrogen) atoms.